The molecule has 0 atom stereocenters. The molecule has 0 saturated heterocycles. The first-order valence-electron chi connectivity index (χ1n) is 7.04. The highest BCUT2D eigenvalue weighted by Crippen LogP contribution is 2.40. The lowest BCUT2D eigenvalue weighted by Gasteiger charge is -2.36. The van der Waals surface area contributed by atoms with Crippen molar-refractivity contribution in [1.29, 1.82) is 0 Å². The van der Waals surface area contributed by atoms with Crippen LogP contribution in [0, 0.1) is 6.92 Å². The quantitative estimate of drug-likeness (QED) is 0.780. The van der Waals surface area contributed by atoms with Gasteiger partial charge in [-0.1, -0.05) is 54.6 Å². The molecule has 0 aromatic heterocycles. The van der Waals surface area contributed by atoms with Gasteiger partial charge in [0.05, 0.1) is 12.7 Å². The molecule has 3 rings (SSSR count). The van der Waals surface area contributed by atoms with Gasteiger partial charge in [-0.3, -0.25) is 0 Å². The van der Waals surface area contributed by atoms with E-state index in [1.807, 2.05) is 6.07 Å². The molecule has 98 valence electrons. The second-order valence-corrected chi connectivity index (χ2v) is 5.44. The van der Waals surface area contributed by atoms with Crippen molar-refractivity contribution in [3.8, 4) is 0 Å². The van der Waals surface area contributed by atoms with Crippen LogP contribution in [0.2, 0.25) is 0 Å². The van der Waals surface area contributed by atoms with Crippen LogP contribution in [0.3, 0.4) is 0 Å². The third-order valence-electron chi connectivity index (χ3n) is 4.05. The van der Waals surface area contributed by atoms with Crippen LogP contribution in [0.15, 0.2) is 54.6 Å². The normalized spacial score (nSPS) is 21.9. The summed E-state index contributed by atoms with van der Waals surface area (Å²) in [4.78, 5) is 0. The molecule has 1 nitrogen and oxygen atoms in total. The lowest BCUT2D eigenvalue weighted by atomic mass is 9.76. The van der Waals surface area contributed by atoms with Gasteiger partial charge in [-0.25, -0.2) is 0 Å². The van der Waals surface area contributed by atoms with Crippen molar-refractivity contribution in [2.24, 2.45) is 0 Å². The zero-order valence-electron chi connectivity index (χ0n) is 11.4. The zero-order valence-corrected chi connectivity index (χ0v) is 11.4. The van der Waals surface area contributed by atoms with E-state index in [1.165, 1.54) is 16.7 Å². The molecule has 0 heterocycles. The molecule has 0 amide bonds. The van der Waals surface area contributed by atoms with E-state index in [-0.39, 0.29) is 0 Å². The molecular weight excluding hydrogens is 232 g/mol. The van der Waals surface area contributed by atoms with Gasteiger partial charge in [0.15, 0.2) is 0 Å². The predicted molar refractivity (Wildman–Crippen MR) is 78.2 cm³/mol. The maximum Gasteiger partial charge on any atom is 0.0720 e. The summed E-state index contributed by atoms with van der Waals surface area (Å²) in [5, 5.41) is 0. The SMILES string of the molecule is Cc1ccccc1C1CC(OCc2ccccc2)C1. The Balaban J connectivity index is 1.50. The van der Waals surface area contributed by atoms with Crippen LogP contribution in [0.5, 0.6) is 0 Å². The van der Waals surface area contributed by atoms with Gasteiger partial charge >= 0.3 is 0 Å². The predicted octanol–water partition coefficient (Wildman–Crippen LogP) is 4.46. The minimum Gasteiger partial charge on any atom is -0.373 e. The Morgan fingerprint density at radius 1 is 0.947 bits per heavy atom. The molecule has 0 N–H and O–H groups in total. The summed E-state index contributed by atoms with van der Waals surface area (Å²) in [6, 6.07) is 19.1. The van der Waals surface area contributed by atoms with Gasteiger partial charge in [0, 0.05) is 0 Å². The number of benzene rings is 2. The van der Waals surface area contributed by atoms with E-state index in [1.54, 1.807) is 0 Å². The zero-order chi connectivity index (χ0) is 13.1. The first-order valence-corrected chi connectivity index (χ1v) is 7.04. The van der Waals surface area contributed by atoms with Crippen molar-refractivity contribution in [3.05, 3.63) is 71.3 Å². The number of hydrogen-bond donors (Lipinski definition) is 0. The van der Waals surface area contributed by atoms with Crippen molar-refractivity contribution in [2.75, 3.05) is 0 Å². The monoisotopic (exact) mass is 252 g/mol. The van der Waals surface area contributed by atoms with E-state index in [9.17, 15) is 0 Å². The van der Waals surface area contributed by atoms with Crippen LogP contribution in [0.1, 0.15) is 35.4 Å². The van der Waals surface area contributed by atoms with E-state index >= 15 is 0 Å². The maximum absolute atomic E-state index is 5.96. The summed E-state index contributed by atoms with van der Waals surface area (Å²) in [5.41, 5.74) is 4.18. The fourth-order valence-electron chi connectivity index (χ4n) is 2.79. The summed E-state index contributed by atoms with van der Waals surface area (Å²) in [5.74, 6) is 0.696. The van der Waals surface area contributed by atoms with Crippen molar-refractivity contribution >= 4 is 0 Å². The molecule has 19 heavy (non-hydrogen) atoms. The molecule has 1 aliphatic carbocycles. The summed E-state index contributed by atoms with van der Waals surface area (Å²) < 4.78 is 5.96. The second-order valence-electron chi connectivity index (χ2n) is 5.44. The highest BCUT2D eigenvalue weighted by Gasteiger charge is 2.31. The van der Waals surface area contributed by atoms with Crippen molar-refractivity contribution in [2.45, 2.75) is 38.4 Å². The van der Waals surface area contributed by atoms with Crippen molar-refractivity contribution in [1.82, 2.24) is 0 Å². The Hall–Kier alpha value is -1.60. The minimum absolute atomic E-state index is 0.435. The number of rotatable bonds is 4. The Bertz CT molecular complexity index is 526. The van der Waals surface area contributed by atoms with Crippen molar-refractivity contribution < 1.29 is 4.74 Å². The van der Waals surface area contributed by atoms with Crippen LogP contribution < -0.4 is 0 Å². The van der Waals surface area contributed by atoms with E-state index in [4.69, 9.17) is 4.74 Å². The fourth-order valence-corrected chi connectivity index (χ4v) is 2.79. The Kier molecular flexibility index (Phi) is 3.65. The van der Waals surface area contributed by atoms with Gasteiger partial charge in [0.1, 0.15) is 0 Å². The molecule has 0 aliphatic heterocycles. The molecule has 1 heteroatoms. The largest absolute Gasteiger partial charge is 0.373 e. The molecule has 2 aromatic carbocycles. The summed E-state index contributed by atoms with van der Waals surface area (Å²) >= 11 is 0. The molecule has 0 radical (unpaired) electrons. The molecule has 1 fully saturated rings. The van der Waals surface area contributed by atoms with Gasteiger partial charge in [0.25, 0.3) is 0 Å². The standard InChI is InChI=1S/C18H20O/c1-14-7-5-6-10-18(14)16-11-17(12-16)19-13-15-8-3-2-4-9-15/h2-10,16-17H,11-13H2,1H3. The Morgan fingerprint density at radius 2 is 1.63 bits per heavy atom. The summed E-state index contributed by atoms with van der Waals surface area (Å²) in [6.45, 7) is 2.94. The van der Waals surface area contributed by atoms with E-state index in [0.717, 1.165) is 19.4 Å². The van der Waals surface area contributed by atoms with Gasteiger partial charge in [-0.15, -0.1) is 0 Å². The Labute approximate surface area is 115 Å². The lowest BCUT2D eigenvalue weighted by molar-refractivity contribution is -0.0208. The summed E-state index contributed by atoms with van der Waals surface area (Å²) in [7, 11) is 0. The van der Waals surface area contributed by atoms with Crippen LogP contribution in [0.25, 0.3) is 0 Å². The van der Waals surface area contributed by atoms with Crippen LogP contribution in [-0.4, -0.2) is 6.10 Å². The number of aryl methyl sites for hydroxylation is 1. The molecule has 0 bridgehead atoms. The van der Waals surface area contributed by atoms with Crippen molar-refractivity contribution in [3.63, 3.8) is 0 Å². The average Bonchev–Trinajstić information content (AvgIpc) is 2.40. The molecule has 1 aliphatic rings. The van der Waals surface area contributed by atoms with Crippen LogP contribution >= 0.6 is 0 Å². The second kappa shape index (κ2) is 5.58. The molecule has 0 unspecified atom stereocenters. The minimum atomic E-state index is 0.435. The van der Waals surface area contributed by atoms with E-state index in [2.05, 4.69) is 55.5 Å². The Morgan fingerprint density at radius 3 is 2.37 bits per heavy atom. The maximum atomic E-state index is 5.96. The van der Waals surface area contributed by atoms with Crippen LogP contribution in [-0.2, 0) is 11.3 Å². The third kappa shape index (κ3) is 2.87. The van der Waals surface area contributed by atoms with E-state index < -0.39 is 0 Å². The molecular formula is C18H20O. The number of hydrogen-bond acceptors (Lipinski definition) is 1. The molecule has 0 spiro atoms. The topological polar surface area (TPSA) is 9.23 Å². The number of ether oxygens (including phenoxy) is 1. The summed E-state index contributed by atoms with van der Waals surface area (Å²) in [6.07, 6.45) is 2.76. The van der Waals surface area contributed by atoms with Gasteiger partial charge in [0.2, 0.25) is 0 Å². The third-order valence-corrected chi connectivity index (χ3v) is 4.05. The molecule has 2 aromatic rings. The smallest absolute Gasteiger partial charge is 0.0720 e. The van der Waals surface area contributed by atoms with E-state index in [0.29, 0.717) is 12.0 Å². The highest BCUT2D eigenvalue weighted by atomic mass is 16.5. The molecule has 1 saturated carbocycles. The lowest BCUT2D eigenvalue weighted by Crippen LogP contribution is -2.30. The van der Waals surface area contributed by atoms with Gasteiger partial charge in [-0.05, 0) is 42.4 Å². The highest BCUT2D eigenvalue weighted by molar-refractivity contribution is 5.31. The fraction of sp³-hybridized carbons (Fsp3) is 0.333. The first-order chi connectivity index (χ1) is 9.33. The first kappa shape index (κ1) is 12.4. The van der Waals surface area contributed by atoms with Crippen LogP contribution in [0.4, 0.5) is 0 Å². The van der Waals surface area contributed by atoms with Gasteiger partial charge < -0.3 is 4.74 Å². The van der Waals surface area contributed by atoms with Gasteiger partial charge in [-0.2, -0.15) is 0 Å². The average molecular weight is 252 g/mol.